The van der Waals surface area contributed by atoms with Crippen molar-refractivity contribution < 1.29 is 14.6 Å². The Labute approximate surface area is 104 Å². The Morgan fingerprint density at radius 2 is 2.11 bits per heavy atom. The first-order chi connectivity index (χ1) is 8.61. The summed E-state index contributed by atoms with van der Waals surface area (Å²) in [5.41, 5.74) is -0.448. The number of aromatic hydroxyl groups is 1. The molecular formula is C12H16N2O4. The van der Waals surface area contributed by atoms with Crippen molar-refractivity contribution in [2.24, 2.45) is 5.92 Å². The maximum atomic E-state index is 11.6. The van der Waals surface area contributed by atoms with E-state index < -0.39 is 5.69 Å². The molecular weight excluding hydrogens is 236 g/mol. The number of methoxy groups -OCH3 is 1. The molecule has 0 atom stereocenters. The van der Waals surface area contributed by atoms with Crippen LogP contribution in [0.4, 0.5) is 0 Å². The zero-order valence-electron chi connectivity index (χ0n) is 10.2. The van der Waals surface area contributed by atoms with Crippen LogP contribution in [-0.4, -0.2) is 27.7 Å². The van der Waals surface area contributed by atoms with Gasteiger partial charge in [0.1, 0.15) is 0 Å². The lowest BCUT2D eigenvalue weighted by Gasteiger charge is -2.27. The van der Waals surface area contributed by atoms with Crippen LogP contribution >= 0.6 is 0 Å². The molecule has 0 unspecified atom stereocenters. The fourth-order valence-corrected chi connectivity index (χ4v) is 2.44. The number of esters is 1. The summed E-state index contributed by atoms with van der Waals surface area (Å²) in [5.74, 6) is -0.504. The molecule has 1 aromatic heterocycles. The van der Waals surface area contributed by atoms with E-state index in [9.17, 15) is 9.59 Å². The number of rotatable bonds is 2. The molecule has 1 N–H and O–H groups in total. The van der Waals surface area contributed by atoms with Gasteiger partial charge >= 0.3 is 11.7 Å². The molecule has 1 saturated carbocycles. The molecule has 0 bridgehead atoms. The summed E-state index contributed by atoms with van der Waals surface area (Å²) < 4.78 is 6.24. The molecule has 1 heterocycles. The molecule has 0 radical (unpaired) electrons. The number of carbonyl (C=O) groups is 1. The maximum absolute atomic E-state index is 11.6. The maximum Gasteiger partial charge on any atom is 0.351 e. The van der Waals surface area contributed by atoms with E-state index in [1.807, 2.05) is 0 Å². The van der Waals surface area contributed by atoms with Crippen LogP contribution in [0.15, 0.2) is 17.1 Å². The third kappa shape index (κ3) is 2.52. The highest BCUT2D eigenvalue weighted by atomic mass is 16.5. The minimum absolute atomic E-state index is 0.0477. The van der Waals surface area contributed by atoms with Crippen LogP contribution in [0.5, 0.6) is 5.88 Å². The van der Waals surface area contributed by atoms with Crippen molar-refractivity contribution in [1.29, 1.82) is 0 Å². The second kappa shape index (κ2) is 5.20. The normalized spacial score (nSPS) is 23.6. The van der Waals surface area contributed by atoms with E-state index in [2.05, 4.69) is 4.98 Å². The number of ether oxygens (including phenoxy) is 1. The average Bonchev–Trinajstić information content (AvgIpc) is 2.38. The van der Waals surface area contributed by atoms with Crippen LogP contribution in [0.25, 0.3) is 0 Å². The summed E-state index contributed by atoms with van der Waals surface area (Å²) in [7, 11) is 1.39. The lowest BCUT2D eigenvalue weighted by molar-refractivity contribution is -0.146. The largest absolute Gasteiger partial charge is 0.493 e. The van der Waals surface area contributed by atoms with Gasteiger partial charge in [-0.3, -0.25) is 9.36 Å². The van der Waals surface area contributed by atoms with Crippen molar-refractivity contribution in [3.8, 4) is 5.88 Å². The minimum Gasteiger partial charge on any atom is -0.493 e. The van der Waals surface area contributed by atoms with Crippen LogP contribution in [0, 0.1) is 5.92 Å². The third-order valence-electron chi connectivity index (χ3n) is 3.44. The smallest absolute Gasteiger partial charge is 0.351 e. The first kappa shape index (κ1) is 12.6. The average molecular weight is 252 g/mol. The predicted octanol–water partition coefficient (Wildman–Crippen LogP) is 0.853. The lowest BCUT2D eigenvalue weighted by Crippen LogP contribution is -2.30. The molecule has 1 aliphatic rings. The Kier molecular flexibility index (Phi) is 3.64. The van der Waals surface area contributed by atoms with E-state index in [0.29, 0.717) is 12.8 Å². The molecule has 1 fully saturated rings. The van der Waals surface area contributed by atoms with Crippen LogP contribution in [0.1, 0.15) is 31.7 Å². The van der Waals surface area contributed by atoms with E-state index in [4.69, 9.17) is 9.84 Å². The molecule has 0 amide bonds. The Morgan fingerprint density at radius 1 is 1.44 bits per heavy atom. The third-order valence-corrected chi connectivity index (χ3v) is 3.44. The Morgan fingerprint density at radius 3 is 2.67 bits per heavy atom. The van der Waals surface area contributed by atoms with Crippen LogP contribution in [0.3, 0.4) is 0 Å². The fourth-order valence-electron chi connectivity index (χ4n) is 2.44. The van der Waals surface area contributed by atoms with Gasteiger partial charge in [-0.1, -0.05) is 0 Å². The predicted molar refractivity (Wildman–Crippen MR) is 63.2 cm³/mol. The Balaban J connectivity index is 2.05. The zero-order chi connectivity index (χ0) is 13.1. The molecule has 6 nitrogen and oxygen atoms in total. The van der Waals surface area contributed by atoms with Gasteiger partial charge in [0.2, 0.25) is 5.88 Å². The van der Waals surface area contributed by atoms with Crippen molar-refractivity contribution in [3.63, 3.8) is 0 Å². The highest BCUT2D eigenvalue weighted by molar-refractivity contribution is 5.72. The summed E-state index contributed by atoms with van der Waals surface area (Å²) in [6.45, 7) is 0. The van der Waals surface area contributed by atoms with Crippen LogP contribution in [0.2, 0.25) is 0 Å². The lowest BCUT2D eigenvalue weighted by atomic mass is 9.86. The van der Waals surface area contributed by atoms with Gasteiger partial charge in [-0.2, -0.15) is 4.98 Å². The van der Waals surface area contributed by atoms with Crippen molar-refractivity contribution in [2.75, 3.05) is 7.11 Å². The number of aromatic nitrogens is 2. The number of nitrogens with zero attached hydrogens (tertiary/aromatic N) is 2. The molecule has 0 aromatic carbocycles. The van der Waals surface area contributed by atoms with Gasteiger partial charge in [0.25, 0.3) is 0 Å². The van der Waals surface area contributed by atoms with Gasteiger partial charge in [0, 0.05) is 18.3 Å². The molecule has 18 heavy (non-hydrogen) atoms. The molecule has 0 spiro atoms. The van der Waals surface area contributed by atoms with E-state index >= 15 is 0 Å². The number of hydrogen-bond acceptors (Lipinski definition) is 5. The van der Waals surface area contributed by atoms with Crippen molar-refractivity contribution in [3.05, 3.63) is 22.7 Å². The van der Waals surface area contributed by atoms with Gasteiger partial charge < -0.3 is 9.84 Å². The van der Waals surface area contributed by atoms with E-state index in [-0.39, 0.29) is 23.8 Å². The summed E-state index contributed by atoms with van der Waals surface area (Å²) in [6.07, 6.45) is 4.46. The molecule has 0 aliphatic heterocycles. The SMILES string of the molecule is COC(=O)C1CCC(n2ccc(O)nc2=O)CC1. The van der Waals surface area contributed by atoms with E-state index in [1.165, 1.54) is 17.7 Å². The molecule has 6 heteroatoms. The summed E-state index contributed by atoms with van der Waals surface area (Å²) in [5, 5.41) is 9.10. The van der Waals surface area contributed by atoms with Crippen molar-refractivity contribution >= 4 is 5.97 Å². The first-order valence-electron chi connectivity index (χ1n) is 5.98. The van der Waals surface area contributed by atoms with Gasteiger partial charge in [-0.05, 0) is 25.7 Å². The second-order valence-electron chi connectivity index (χ2n) is 4.50. The van der Waals surface area contributed by atoms with Gasteiger partial charge in [-0.25, -0.2) is 4.79 Å². The summed E-state index contributed by atoms with van der Waals surface area (Å²) in [4.78, 5) is 26.5. The molecule has 1 aromatic rings. The topological polar surface area (TPSA) is 81.4 Å². The van der Waals surface area contributed by atoms with Crippen molar-refractivity contribution in [2.45, 2.75) is 31.7 Å². The highest BCUT2D eigenvalue weighted by Crippen LogP contribution is 2.31. The number of carbonyl (C=O) groups excluding carboxylic acids is 1. The molecule has 98 valence electrons. The van der Waals surface area contributed by atoms with Crippen molar-refractivity contribution in [1.82, 2.24) is 9.55 Å². The quantitative estimate of drug-likeness (QED) is 0.789. The Hall–Kier alpha value is -1.85. The van der Waals surface area contributed by atoms with Gasteiger partial charge in [0.15, 0.2) is 0 Å². The Bertz CT molecular complexity index is 489. The first-order valence-corrected chi connectivity index (χ1v) is 5.98. The van der Waals surface area contributed by atoms with Crippen LogP contribution in [-0.2, 0) is 9.53 Å². The van der Waals surface area contributed by atoms with Gasteiger partial charge in [-0.15, -0.1) is 0 Å². The zero-order valence-corrected chi connectivity index (χ0v) is 10.2. The minimum atomic E-state index is -0.448. The standard InChI is InChI=1S/C12H16N2O4/c1-18-11(16)8-2-4-9(5-3-8)14-7-6-10(15)13-12(14)17/h6-9H,2-5H2,1H3,(H,13,15,17). The molecule has 0 saturated heterocycles. The highest BCUT2D eigenvalue weighted by Gasteiger charge is 2.28. The van der Waals surface area contributed by atoms with E-state index in [0.717, 1.165) is 12.8 Å². The summed E-state index contributed by atoms with van der Waals surface area (Å²) in [6, 6.07) is 1.44. The molecule has 2 rings (SSSR count). The molecule has 1 aliphatic carbocycles. The second-order valence-corrected chi connectivity index (χ2v) is 4.50. The number of hydrogen-bond donors (Lipinski definition) is 1. The summed E-state index contributed by atoms with van der Waals surface area (Å²) >= 11 is 0. The monoisotopic (exact) mass is 252 g/mol. The van der Waals surface area contributed by atoms with Crippen LogP contribution < -0.4 is 5.69 Å². The fraction of sp³-hybridized carbons (Fsp3) is 0.583. The van der Waals surface area contributed by atoms with Gasteiger partial charge in [0.05, 0.1) is 13.0 Å². The van der Waals surface area contributed by atoms with E-state index in [1.54, 1.807) is 6.20 Å².